The third kappa shape index (κ3) is 8.76. The third-order valence-electron chi connectivity index (χ3n) is 2.12. The average Bonchev–Trinajstić information content (AvgIpc) is 2.03. The molecule has 0 saturated carbocycles. The Bertz CT molecular complexity index is 121. The molecule has 0 aromatic rings. The van der Waals surface area contributed by atoms with Crippen molar-refractivity contribution in [1.82, 2.24) is 0 Å². The van der Waals surface area contributed by atoms with E-state index in [4.69, 9.17) is 4.74 Å². The molecule has 0 radical (unpaired) electrons. The van der Waals surface area contributed by atoms with Gasteiger partial charge in [-0.1, -0.05) is 43.6 Å². The molecule has 0 N–H and O–H groups in total. The highest BCUT2D eigenvalue weighted by molar-refractivity contribution is 9.09. The highest BCUT2D eigenvalue weighted by atomic mass is 79.9. The molecular weight excluding hydrogens is 228 g/mol. The SMILES string of the molecule is CC(C)CCOCCC(C)(C)CBr. The maximum Gasteiger partial charge on any atom is 0.0471 e. The van der Waals surface area contributed by atoms with Crippen molar-refractivity contribution in [3.63, 3.8) is 0 Å². The second-order valence-corrected chi connectivity index (χ2v) is 5.40. The lowest BCUT2D eigenvalue weighted by atomic mass is 9.93. The van der Waals surface area contributed by atoms with Gasteiger partial charge in [-0.3, -0.25) is 0 Å². The molecule has 0 heterocycles. The van der Waals surface area contributed by atoms with E-state index in [1.54, 1.807) is 0 Å². The standard InChI is InChI=1S/C11H23BrO/c1-10(2)5-7-13-8-6-11(3,4)9-12/h10H,5-9H2,1-4H3. The first-order chi connectivity index (χ1) is 5.98. The van der Waals surface area contributed by atoms with Crippen LogP contribution in [0.2, 0.25) is 0 Å². The summed E-state index contributed by atoms with van der Waals surface area (Å²) >= 11 is 3.51. The van der Waals surface area contributed by atoms with Gasteiger partial charge in [-0.2, -0.15) is 0 Å². The molecule has 80 valence electrons. The van der Waals surface area contributed by atoms with Gasteiger partial charge < -0.3 is 4.74 Å². The highest BCUT2D eigenvalue weighted by Gasteiger charge is 2.15. The zero-order valence-corrected chi connectivity index (χ0v) is 11.0. The van der Waals surface area contributed by atoms with Crippen LogP contribution in [0.4, 0.5) is 0 Å². The fraction of sp³-hybridized carbons (Fsp3) is 1.00. The lowest BCUT2D eigenvalue weighted by molar-refractivity contribution is 0.101. The van der Waals surface area contributed by atoms with Crippen LogP contribution in [-0.4, -0.2) is 18.5 Å². The molecule has 0 aliphatic carbocycles. The van der Waals surface area contributed by atoms with Crippen molar-refractivity contribution >= 4 is 15.9 Å². The fourth-order valence-electron chi connectivity index (χ4n) is 0.836. The Labute approximate surface area is 91.4 Å². The van der Waals surface area contributed by atoms with Crippen LogP contribution in [0.5, 0.6) is 0 Å². The van der Waals surface area contributed by atoms with Gasteiger partial charge in [0.2, 0.25) is 0 Å². The first kappa shape index (κ1) is 13.4. The normalized spacial score (nSPS) is 12.5. The lowest BCUT2D eigenvalue weighted by Gasteiger charge is -2.21. The molecule has 0 aromatic carbocycles. The number of ether oxygens (including phenoxy) is 1. The van der Waals surface area contributed by atoms with Crippen LogP contribution in [0.1, 0.15) is 40.5 Å². The first-order valence-corrected chi connectivity index (χ1v) is 6.24. The predicted molar refractivity (Wildman–Crippen MR) is 62.5 cm³/mol. The van der Waals surface area contributed by atoms with Crippen molar-refractivity contribution in [3.05, 3.63) is 0 Å². The minimum Gasteiger partial charge on any atom is -0.381 e. The van der Waals surface area contributed by atoms with Gasteiger partial charge in [0.25, 0.3) is 0 Å². The summed E-state index contributed by atoms with van der Waals surface area (Å²) in [4.78, 5) is 0. The van der Waals surface area contributed by atoms with Gasteiger partial charge in [0.05, 0.1) is 0 Å². The van der Waals surface area contributed by atoms with E-state index in [1.165, 1.54) is 6.42 Å². The minimum absolute atomic E-state index is 0.373. The molecule has 0 fully saturated rings. The first-order valence-electron chi connectivity index (χ1n) is 5.11. The van der Waals surface area contributed by atoms with Gasteiger partial charge in [0, 0.05) is 18.5 Å². The summed E-state index contributed by atoms with van der Waals surface area (Å²) < 4.78 is 5.56. The van der Waals surface area contributed by atoms with E-state index in [2.05, 4.69) is 43.6 Å². The molecule has 0 amide bonds. The maximum absolute atomic E-state index is 5.56. The molecule has 0 unspecified atom stereocenters. The second kappa shape index (κ2) is 6.83. The van der Waals surface area contributed by atoms with Gasteiger partial charge in [-0.25, -0.2) is 0 Å². The van der Waals surface area contributed by atoms with Crippen LogP contribution >= 0.6 is 15.9 Å². The highest BCUT2D eigenvalue weighted by Crippen LogP contribution is 2.22. The van der Waals surface area contributed by atoms with Crippen LogP contribution in [0.25, 0.3) is 0 Å². The molecule has 0 bridgehead atoms. The van der Waals surface area contributed by atoms with Gasteiger partial charge >= 0.3 is 0 Å². The van der Waals surface area contributed by atoms with Crippen LogP contribution in [0.3, 0.4) is 0 Å². The molecule has 0 aliphatic rings. The summed E-state index contributed by atoms with van der Waals surface area (Å²) in [6.07, 6.45) is 2.31. The molecule has 0 saturated heterocycles. The lowest BCUT2D eigenvalue weighted by Crippen LogP contribution is -2.16. The number of rotatable bonds is 7. The van der Waals surface area contributed by atoms with Crippen LogP contribution < -0.4 is 0 Å². The molecule has 0 aliphatic heterocycles. The monoisotopic (exact) mass is 250 g/mol. The van der Waals surface area contributed by atoms with E-state index in [1.807, 2.05) is 0 Å². The maximum atomic E-state index is 5.56. The number of hydrogen-bond donors (Lipinski definition) is 0. The molecule has 0 rings (SSSR count). The largest absolute Gasteiger partial charge is 0.381 e. The smallest absolute Gasteiger partial charge is 0.0471 e. The van der Waals surface area contributed by atoms with Gasteiger partial charge in [0.1, 0.15) is 0 Å². The summed E-state index contributed by atoms with van der Waals surface area (Å²) in [5.74, 6) is 0.754. The Hall–Kier alpha value is 0.440. The van der Waals surface area contributed by atoms with Crippen LogP contribution in [0.15, 0.2) is 0 Å². The Kier molecular flexibility index (Phi) is 7.06. The third-order valence-corrected chi connectivity index (χ3v) is 3.64. The van der Waals surface area contributed by atoms with E-state index < -0.39 is 0 Å². The van der Waals surface area contributed by atoms with Gasteiger partial charge in [-0.15, -0.1) is 0 Å². The number of hydrogen-bond acceptors (Lipinski definition) is 1. The fourth-order valence-corrected chi connectivity index (χ4v) is 1.12. The van der Waals surface area contributed by atoms with Crippen LogP contribution in [-0.2, 0) is 4.74 Å². The molecule has 0 atom stereocenters. The van der Waals surface area contributed by atoms with Crippen molar-refractivity contribution in [3.8, 4) is 0 Å². The van der Waals surface area contributed by atoms with E-state index in [0.29, 0.717) is 5.41 Å². The van der Waals surface area contributed by atoms with Crippen molar-refractivity contribution in [2.75, 3.05) is 18.5 Å². The van der Waals surface area contributed by atoms with E-state index in [0.717, 1.165) is 30.9 Å². The summed E-state index contributed by atoms with van der Waals surface area (Å²) in [5, 5.41) is 1.05. The topological polar surface area (TPSA) is 9.23 Å². The van der Waals surface area contributed by atoms with Crippen LogP contribution in [0, 0.1) is 11.3 Å². The molecule has 0 aromatic heterocycles. The van der Waals surface area contributed by atoms with E-state index in [9.17, 15) is 0 Å². The van der Waals surface area contributed by atoms with Gasteiger partial charge in [0.15, 0.2) is 0 Å². The van der Waals surface area contributed by atoms with Crippen molar-refractivity contribution in [1.29, 1.82) is 0 Å². The Balaban J connectivity index is 3.26. The Morgan fingerprint density at radius 2 is 1.85 bits per heavy atom. The average molecular weight is 251 g/mol. The van der Waals surface area contributed by atoms with Gasteiger partial charge in [-0.05, 0) is 24.2 Å². The quantitative estimate of drug-likeness (QED) is 0.493. The predicted octanol–water partition coefficient (Wildman–Crippen LogP) is 3.86. The molecule has 1 nitrogen and oxygen atoms in total. The summed E-state index contributed by atoms with van der Waals surface area (Å²) in [7, 11) is 0. The number of alkyl halides is 1. The zero-order chi connectivity index (χ0) is 10.3. The van der Waals surface area contributed by atoms with E-state index >= 15 is 0 Å². The van der Waals surface area contributed by atoms with Crippen molar-refractivity contribution in [2.24, 2.45) is 11.3 Å². The summed E-state index contributed by atoms with van der Waals surface area (Å²) in [6, 6.07) is 0. The molecular formula is C11H23BrO. The second-order valence-electron chi connectivity index (χ2n) is 4.84. The summed E-state index contributed by atoms with van der Waals surface area (Å²) in [6.45, 7) is 10.8. The van der Waals surface area contributed by atoms with Crippen molar-refractivity contribution in [2.45, 2.75) is 40.5 Å². The minimum atomic E-state index is 0.373. The summed E-state index contributed by atoms with van der Waals surface area (Å²) in [5.41, 5.74) is 0.373. The Morgan fingerprint density at radius 3 is 2.31 bits per heavy atom. The number of halogens is 1. The molecule has 2 heteroatoms. The van der Waals surface area contributed by atoms with Crippen molar-refractivity contribution < 1.29 is 4.74 Å². The Morgan fingerprint density at radius 1 is 1.23 bits per heavy atom. The zero-order valence-electron chi connectivity index (χ0n) is 9.40. The molecule has 13 heavy (non-hydrogen) atoms. The van der Waals surface area contributed by atoms with E-state index in [-0.39, 0.29) is 0 Å². The molecule has 0 spiro atoms.